The van der Waals surface area contributed by atoms with Crippen molar-refractivity contribution in [2.75, 3.05) is 0 Å². The second-order valence-corrected chi connectivity index (χ2v) is 3.41. The van der Waals surface area contributed by atoms with Crippen molar-refractivity contribution in [2.24, 2.45) is 0 Å². The van der Waals surface area contributed by atoms with Crippen LogP contribution in [0.15, 0.2) is 24.0 Å². The molecule has 0 saturated heterocycles. The summed E-state index contributed by atoms with van der Waals surface area (Å²) in [7, 11) is 0. The van der Waals surface area contributed by atoms with E-state index in [-0.39, 0.29) is 6.10 Å². The molecule has 4 nitrogen and oxygen atoms in total. The number of ether oxygens (including phenoxy) is 2. The molecule has 0 N–H and O–H groups in total. The average Bonchev–Trinajstić information content (AvgIpc) is 2.10. The zero-order valence-electron chi connectivity index (χ0n) is 8.91. The Labute approximate surface area is 88.6 Å². The summed E-state index contributed by atoms with van der Waals surface area (Å²) in [6, 6.07) is 0. The van der Waals surface area contributed by atoms with Crippen LogP contribution in [0, 0.1) is 0 Å². The Kier molecular flexibility index (Phi) is 3.66. The van der Waals surface area contributed by atoms with Crippen LogP contribution in [-0.2, 0) is 19.1 Å². The fourth-order valence-corrected chi connectivity index (χ4v) is 1.41. The van der Waals surface area contributed by atoms with Crippen LogP contribution in [0.1, 0.15) is 26.7 Å². The number of esters is 2. The van der Waals surface area contributed by atoms with Gasteiger partial charge in [0.15, 0.2) is 0 Å². The van der Waals surface area contributed by atoms with Gasteiger partial charge in [-0.15, -0.1) is 6.58 Å². The van der Waals surface area contributed by atoms with E-state index in [1.807, 2.05) is 0 Å². The van der Waals surface area contributed by atoms with Gasteiger partial charge in [-0.05, 0) is 6.92 Å². The van der Waals surface area contributed by atoms with Gasteiger partial charge in [0.25, 0.3) is 0 Å². The van der Waals surface area contributed by atoms with Crippen LogP contribution < -0.4 is 0 Å². The lowest BCUT2D eigenvalue weighted by atomic mass is 10.0. The third-order valence-corrected chi connectivity index (χ3v) is 1.98. The van der Waals surface area contributed by atoms with E-state index in [4.69, 9.17) is 9.47 Å². The molecule has 0 spiro atoms. The quantitative estimate of drug-likeness (QED) is 0.525. The maximum Gasteiger partial charge on any atom is 0.338 e. The van der Waals surface area contributed by atoms with E-state index in [2.05, 4.69) is 6.58 Å². The topological polar surface area (TPSA) is 52.6 Å². The van der Waals surface area contributed by atoms with E-state index in [0.29, 0.717) is 24.2 Å². The van der Waals surface area contributed by atoms with Gasteiger partial charge in [0.1, 0.15) is 11.9 Å². The first kappa shape index (κ1) is 11.5. The summed E-state index contributed by atoms with van der Waals surface area (Å²) in [5.41, 5.74) is 0.387. The van der Waals surface area contributed by atoms with Gasteiger partial charge in [-0.25, -0.2) is 4.79 Å². The third-order valence-electron chi connectivity index (χ3n) is 1.98. The van der Waals surface area contributed by atoms with Crippen LogP contribution in [0.3, 0.4) is 0 Å². The van der Waals surface area contributed by atoms with Crippen LogP contribution >= 0.6 is 0 Å². The number of carbonyl (C=O) groups excluding carboxylic acids is 2. The molecule has 4 heteroatoms. The normalized spacial score (nSPS) is 20.9. The van der Waals surface area contributed by atoms with Gasteiger partial charge in [0.2, 0.25) is 0 Å². The van der Waals surface area contributed by atoms with Crippen molar-refractivity contribution in [1.29, 1.82) is 0 Å². The Morgan fingerprint density at radius 3 is 2.93 bits per heavy atom. The van der Waals surface area contributed by atoms with Gasteiger partial charge < -0.3 is 9.47 Å². The maximum absolute atomic E-state index is 11.5. The lowest BCUT2D eigenvalue weighted by Gasteiger charge is -2.23. The van der Waals surface area contributed by atoms with Gasteiger partial charge in [-0.3, -0.25) is 4.79 Å². The second kappa shape index (κ2) is 4.77. The lowest BCUT2D eigenvalue weighted by molar-refractivity contribution is -0.147. The molecule has 1 aliphatic rings. The smallest absolute Gasteiger partial charge is 0.338 e. The van der Waals surface area contributed by atoms with Crippen molar-refractivity contribution in [3.8, 4) is 0 Å². The summed E-state index contributed by atoms with van der Waals surface area (Å²) in [6.45, 7) is 6.60. The predicted molar refractivity (Wildman–Crippen MR) is 53.8 cm³/mol. The first-order valence-electron chi connectivity index (χ1n) is 4.77. The second-order valence-electron chi connectivity index (χ2n) is 3.41. The number of hydrogen-bond donors (Lipinski definition) is 0. The van der Waals surface area contributed by atoms with Crippen LogP contribution in [0.2, 0.25) is 0 Å². The largest absolute Gasteiger partial charge is 0.459 e. The number of carbonyl (C=O) groups is 2. The van der Waals surface area contributed by atoms with Gasteiger partial charge in [0, 0.05) is 19.8 Å². The molecule has 0 bridgehead atoms. The molecule has 0 aliphatic carbocycles. The Balaban J connectivity index is 2.96. The zero-order chi connectivity index (χ0) is 11.4. The Morgan fingerprint density at radius 2 is 2.40 bits per heavy atom. The van der Waals surface area contributed by atoms with Gasteiger partial charge >= 0.3 is 11.9 Å². The lowest BCUT2D eigenvalue weighted by Crippen LogP contribution is -2.25. The fraction of sp³-hybridized carbons (Fsp3) is 0.455. The van der Waals surface area contributed by atoms with Gasteiger partial charge in [0.05, 0.1) is 5.57 Å². The van der Waals surface area contributed by atoms with Crippen molar-refractivity contribution in [1.82, 2.24) is 0 Å². The first-order valence-corrected chi connectivity index (χ1v) is 4.77. The highest BCUT2D eigenvalue weighted by Crippen LogP contribution is 2.25. The van der Waals surface area contributed by atoms with Gasteiger partial charge in [-0.1, -0.05) is 6.08 Å². The molecule has 1 rings (SSSR count). The van der Waals surface area contributed by atoms with E-state index in [1.54, 1.807) is 13.0 Å². The monoisotopic (exact) mass is 210 g/mol. The van der Waals surface area contributed by atoms with Crippen LogP contribution in [0.4, 0.5) is 0 Å². The molecule has 1 atom stereocenters. The van der Waals surface area contributed by atoms with Crippen molar-refractivity contribution >= 4 is 11.9 Å². The highest BCUT2D eigenvalue weighted by molar-refractivity contribution is 5.90. The number of cyclic esters (lactones) is 1. The molecular weight excluding hydrogens is 196 g/mol. The SMILES string of the molecule is C=CCC1=C(OC(C)=O)CC(C)OC1=O. The van der Waals surface area contributed by atoms with E-state index in [1.165, 1.54) is 6.92 Å². The van der Waals surface area contributed by atoms with Crippen LogP contribution in [0.25, 0.3) is 0 Å². The predicted octanol–water partition coefficient (Wildman–Crippen LogP) is 1.72. The molecule has 15 heavy (non-hydrogen) atoms. The highest BCUT2D eigenvalue weighted by atomic mass is 16.6. The summed E-state index contributed by atoms with van der Waals surface area (Å²) in [5.74, 6) is -0.440. The highest BCUT2D eigenvalue weighted by Gasteiger charge is 2.27. The minimum absolute atomic E-state index is 0.250. The molecule has 0 saturated carbocycles. The van der Waals surface area contributed by atoms with E-state index in [0.717, 1.165) is 0 Å². The summed E-state index contributed by atoms with van der Waals surface area (Å²) >= 11 is 0. The Morgan fingerprint density at radius 1 is 1.73 bits per heavy atom. The molecule has 82 valence electrons. The third kappa shape index (κ3) is 2.94. The van der Waals surface area contributed by atoms with Crippen molar-refractivity contribution in [3.05, 3.63) is 24.0 Å². The number of allylic oxidation sites excluding steroid dienone is 1. The zero-order valence-corrected chi connectivity index (χ0v) is 8.91. The average molecular weight is 210 g/mol. The summed E-state index contributed by atoms with van der Waals surface area (Å²) in [5, 5.41) is 0. The van der Waals surface area contributed by atoms with Gasteiger partial charge in [-0.2, -0.15) is 0 Å². The van der Waals surface area contributed by atoms with Crippen LogP contribution in [0.5, 0.6) is 0 Å². The molecule has 1 unspecified atom stereocenters. The number of hydrogen-bond acceptors (Lipinski definition) is 4. The molecule has 0 amide bonds. The van der Waals surface area contributed by atoms with Crippen molar-refractivity contribution in [2.45, 2.75) is 32.8 Å². The molecule has 0 aromatic heterocycles. The fourth-order valence-electron chi connectivity index (χ4n) is 1.41. The molecule has 0 fully saturated rings. The minimum Gasteiger partial charge on any atom is -0.459 e. The minimum atomic E-state index is -0.426. The van der Waals surface area contributed by atoms with E-state index < -0.39 is 11.9 Å². The molecule has 0 aromatic rings. The molecule has 0 radical (unpaired) electrons. The first-order chi connectivity index (χ1) is 7.04. The summed E-state index contributed by atoms with van der Waals surface area (Å²) in [6.07, 6.45) is 2.12. The van der Waals surface area contributed by atoms with Crippen LogP contribution in [-0.4, -0.2) is 18.0 Å². The summed E-state index contributed by atoms with van der Waals surface area (Å²) in [4.78, 5) is 22.3. The Bertz CT molecular complexity index is 327. The Hall–Kier alpha value is -1.58. The molecule has 1 heterocycles. The van der Waals surface area contributed by atoms with Crippen molar-refractivity contribution in [3.63, 3.8) is 0 Å². The number of rotatable bonds is 3. The standard InChI is InChI=1S/C11H14O4/c1-4-5-9-10(15-8(3)12)6-7(2)14-11(9)13/h4,7H,1,5-6H2,2-3H3. The van der Waals surface area contributed by atoms with Crippen molar-refractivity contribution < 1.29 is 19.1 Å². The summed E-state index contributed by atoms with van der Waals surface area (Å²) < 4.78 is 10.0. The molecule has 0 aromatic carbocycles. The van der Waals surface area contributed by atoms with E-state index >= 15 is 0 Å². The van der Waals surface area contributed by atoms with E-state index in [9.17, 15) is 9.59 Å². The maximum atomic E-state index is 11.5. The molecule has 1 aliphatic heterocycles. The molecular formula is C11H14O4.